The third-order valence-electron chi connectivity index (χ3n) is 6.33. The van der Waals surface area contributed by atoms with Crippen LogP contribution in [0.5, 0.6) is 11.5 Å². The molecule has 204 valence electrons. The van der Waals surface area contributed by atoms with Gasteiger partial charge in [-0.1, -0.05) is 47.7 Å². The largest absolute Gasteiger partial charge is 0.503 e. The van der Waals surface area contributed by atoms with Gasteiger partial charge in [-0.2, -0.15) is 0 Å². The average Bonchev–Trinajstić information content (AvgIpc) is 3.67. The van der Waals surface area contributed by atoms with Gasteiger partial charge in [0.15, 0.2) is 33.9 Å². The van der Waals surface area contributed by atoms with E-state index in [2.05, 4.69) is 4.98 Å². The van der Waals surface area contributed by atoms with Gasteiger partial charge in [0.25, 0.3) is 5.91 Å². The Morgan fingerprint density at radius 3 is 2.50 bits per heavy atom. The molecule has 5 rings (SSSR count). The molecule has 0 fully saturated rings. The highest BCUT2D eigenvalue weighted by molar-refractivity contribution is 7.17. The fourth-order valence-electron chi connectivity index (χ4n) is 4.52. The molecule has 2 aromatic heterocycles. The van der Waals surface area contributed by atoms with Gasteiger partial charge in [-0.25, -0.2) is 4.98 Å². The molecule has 1 N–H and O–H groups in total. The van der Waals surface area contributed by atoms with Crippen LogP contribution in [0.3, 0.4) is 0 Å². The lowest BCUT2D eigenvalue weighted by molar-refractivity contribution is -0.117. The molecule has 1 aliphatic heterocycles. The molecule has 1 atom stereocenters. The highest BCUT2D eigenvalue weighted by atomic mass is 32.1. The van der Waals surface area contributed by atoms with Crippen LogP contribution in [0.25, 0.3) is 0 Å². The van der Waals surface area contributed by atoms with Crippen LogP contribution in [0.15, 0.2) is 82.7 Å². The zero-order valence-corrected chi connectivity index (χ0v) is 22.9. The lowest BCUT2D eigenvalue weighted by Crippen LogP contribution is -2.31. The van der Waals surface area contributed by atoms with Crippen LogP contribution in [-0.4, -0.2) is 34.2 Å². The molecule has 1 aliphatic rings. The average molecular weight is 559 g/mol. The molecule has 4 aromatic rings. The summed E-state index contributed by atoms with van der Waals surface area (Å²) in [6, 6.07) is 16.7. The van der Waals surface area contributed by atoms with E-state index in [0.717, 1.165) is 16.9 Å². The molecule has 10 heteroatoms. The van der Waals surface area contributed by atoms with E-state index in [-0.39, 0.29) is 22.2 Å². The van der Waals surface area contributed by atoms with E-state index in [0.29, 0.717) is 40.8 Å². The predicted octanol–water partition coefficient (Wildman–Crippen LogP) is 6.01. The molecule has 1 unspecified atom stereocenters. The first kappa shape index (κ1) is 26.9. The maximum absolute atomic E-state index is 13.5. The number of rotatable bonds is 10. The predicted molar refractivity (Wildman–Crippen MR) is 148 cm³/mol. The number of nitrogens with zero attached hydrogens (tertiary/aromatic N) is 2. The summed E-state index contributed by atoms with van der Waals surface area (Å²) in [4.78, 5) is 45.2. The minimum atomic E-state index is -1.07. The van der Waals surface area contributed by atoms with Crippen molar-refractivity contribution in [3.8, 4) is 11.5 Å². The monoisotopic (exact) mass is 558 g/mol. The first-order valence-corrected chi connectivity index (χ1v) is 13.4. The topological polar surface area (TPSA) is 119 Å². The third-order valence-corrected chi connectivity index (χ3v) is 7.59. The second-order valence-electron chi connectivity index (χ2n) is 9.03. The zero-order chi connectivity index (χ0) is 28.4. The van der Waals surface area contributed by atoms with Gasteiger partial charge in [0.2, 0.25) is 5.78 Å². The number of ether oxygens (including phenoxy) is 2. The number of benzene rings is 2. The number of carbonyl (C=O) groups excluding carboxylic acids is 3. The molecule has 0 bridgehead atoms. The summed E-state index contributed by atoms with van der Waals surface area (Å²) in [5.41, 5.74) is 1.72. The first-order valence-electron chi connectivity index (χ1n) is 12.6. The summed E-state index contributed by atoms with van der Waals surface area (Å²) in [6.45, 7) is 5.56. The van der Waals surface area contributed by atoms with E-state index < -0.39 is 23.5 Å². The number of hydrogen-bond donors (Lipinski definition) is 1. The van der Waals surface area contributed by atoms with Gasteiger partial charge in [-0.05, 0) is 49.2 Å². The molecule has 9 nitrogen and oxygen atoms in total. The third kappa shape index (κ3) is 5.01. The van der Waals surface area contributed by atoms with Crippen molar-refractivity contribution in [1.82, 2.24) is 4.98 Å². The van der Waals surface area contributed by atoms with Crippen molar-refractivity contribution >= 4 is 33.9 Å². The smallest absolute Gasteiger partial charge is 0.296 e. The quantitative estimate of drug-likeness (QED) is 0.235. The maximum Gasteiger partial charge on any atom is 0.296 e. The Morgan fingerprint density at radius 2 is 1.85 bits per heavy atom. The minimum absolute atomic E-state index is 0.0335. The number of thiazole rings is 1. The number of aliphatic hydroxyl groups is 1. The van der Waals surface area contributed by atoms with E-state index in [1.54, 1.807) is 31.2 Å². The fourth-order valence-corrected chi connectivity index (χ4v) is 5.51. The van der Waals surface area contributed by atoms with Crippen LogP contribution in [0.4, 0.5) is 5.13 Å². The summed E-state index contributed by atoms with van der Waals surface area (Å²) in [6.07, 6.45) is 1.34. The number of aryl methyl sites for hydroxylation is 1. The van der Waals surface area contributed by atoms with E-state index >= 15 is 0 Å². The normalized spacial score (nSPS) is 15.0. The molecule has 0 saturated carbocycles. The van der Waals surface area contributed by atoms with Crippen LogP contribution in [0, 0.1) is 6.92 Å². The molecule has 2 aromatic carbocycles. The van der Waals surface area contributed by atoms with Gasteiger partial charge < -0.3 is 19.0 Å². The van der Waals surface area contributed by atoms with Crippen molar-refractivity contribution in [3.05, 3.63) is 106 Å². The number of hydrogen-bond acceptors (Lipinski definition) is 9. The molecule has 0 spiro atoms. The fraction of sp³-hybridized carbons (Fsp3) is 0.200. The lowest BCUT2D eigenvalue weighted by atomic mass is 9.95. The SMILES string of the molecule is CCOc1cc(C2C(C(=O)c3ccco3)=C(O)C(=O)N2c2nc(C)c(C(C)=O)s2)ccc1OCc1ccccc1. The van der Waals surface area contributed by atoms with Gasteiger partial charge >= 0.3 is 0 Å². The van der Waals surface area contributed by atoms with Gasteiger partial charge in [0.1, 0.15) is 6.61 Å². The highest BCUT2D eigenvalue weighted by Crippen LogP contribution is 2.45. The Labute approximate surface area is 234 Å². The van der Waals surface area contributed by atoms with E-state index in [4.69, 9.17) is 13.9 Å². The van der Waals surface area contributed by atoms with Crippen LogP contribution < -0.4 is 14.4 Å². The molecule has 0 aliphatic carbocycles. The molecule has 40 heavy (non-hydrogen) atoms. The van der Waals surface area contributed by atoms with Crippen molar-refractivity contribution in [1.29, 1.82) is 0 Å². The van der Waals surface area contributed by atoms with Crippen LogP contribution >= 0.6 is 11.3 Å². The molecule has 0 saturated heterocycles. The number of carbonyl (C=O) groups is 3. The summed E-state index contributed by atoms with van der Waals surface area (Å²) in [5, 5.41) is 11.2. The van der Waals surface area contributed by atoms with Crippen molar-refractivity contribution in [2.45, 2.75) is 33.4 Å². The van der Waals surface area contributed by atoms with Crippen molar-refractivity contribution in [2.75, 3.05) is 11.5 Å². The second kappa shape index (κ2) is 11.2. The van der Waals surface area contributed by atoms with Crippen molar-refractivity contribution in [2.24, 2.45) is 0 Å². The summed E-state index contributed by atoms with van der Waals surface area (Å²) < 4.78 is 17.2. The Bertz CT molecular complexity index is 1610. The van der Waals surface area contributed by atoms with Gasteiger partial charge in [-0.15, -0.1) is 0 Å². The number of Topliss-reactive ketones (excluding diaryl/α,β-unsaturated/α-hetero) is 2. The summed E-state index contributed by atoms with van der Waals surface area (Å²) in [7, 11) is 0. The highest BCUT2D eigenvalue weighted by Gasteiger charge is 2.47. The first-order chi connectivity index (χ1) is 19.3. The summed E-state index contributed by atoms with van der Waals surface area (Å²) >= 11 is 1.02. The standard InChI is InChI=1S/C30H26N2O7S/c1-4-37-23-15-20(12-13-21(23)39-16-19-9-6-5-7-10-19)25-24(26(34)22-11-8-14-38-22)27(35)29(36)32(25)30-31-17(2)28(40-30)18(3)33/h5-15,25,35H,4,16H2,1-3H3. The van der Waals surface area contributed by atoms with Gasteiger partial charge in [-0.3, -0.25) is 19.3 Å². The number of aromatic nitrogens is 1. The Balaban J connectivity index is 1.60. The molecular formula is C30H26N2O7S. The second-order valence-corrected chi connectivity index (χ2v) is 10.0. The van der Waals surface area contributed by atoms with Gasteiger partial charge in [0, 0.05) is 6.92 Å². The van der Waals surface area contributed by atoms with Crippen molar-refractivity contribution in [3.63, 3.8) is 0 Å². The molecule has 0 radical (unpaired) electrons. The Morgan fingerprint density at radius 1 is 1.07 bits per heavy atom. The number of amides is 1. The van der Waals surface area contributed by atoms with E-state index in [9.17, 15) is 19.5 Å². The molecule has 1 amide bonds. The summed E-state index contributed by atoms with van der Waals surface area (Å²) in [5.74, 6) is -1.54. The van der Waals surface area contributed by atoms with Gasteiger partial charge in [0.05, 0.1) is 35.1 Å². The number of anilines is 1. The van der Waals surface area contributed by atoms with Crippen LogP contribution in [-0.2, 0) is 11.4 Å². The Kier molecular flexibility index (Phi) is 7.52. The maximum atomic E-state index is 13.5. The number of furan rings is 1. The van der Waals surface area contributed by atoms with E-state index in [1.165, 1.54) is 24.2 Å². The number of aliphatic hydroxyl groups excluding tert-OH is 1. The molecule has 3 heterocycles. The van der Waals surface area contributed by atoms with Crippen molar-refractivity contribution < 1.29 is 33.4 Å². The minimum Gasteiger partial charge on any atom is -0.503 e. The molecular weight excluding hydrogens is 532 g/mol. The van der Waals surface area contributed by atoms with E-state index in [1.807, 2.05) is 37.3 Å². The zero-order valence-electron chi connectivity index (χ0n) is 22.0. The number of ketones is 2. The lowest BCUT2D eigenvalue weighted by Gasteiger charge is -2.25. The Hall–Kier alpha value is -4.70. The van der Waals surface area contributed by atoms with Crippen LogP contribution in [0.2, 0.25) is 0 Å². The van der Waals surface area contributed by atoms with Crippen LogP contribution in [0.1, 0.15) is 56.9 Å².